The molecule has 0 saturated carbocycles. The molecule has 4 rings (SSSR count). The number of H-pyrrole nitrogens is 1. The number of carbonyl (C=O) groups excluding carboxylic acids is 5. The number of aromatic nitrogens is 1. The lowest BCUT2D eigenvalue weighted by Crippen LogP contribution is -2.59. The van der Waals surface area contributed by atoms with Crippen LogP contribution < -0.4 is 43.8 Å². The highest BCUT2D eigenvalue weighted by Crippen LogP contribution is 2.19. The predicted molar refractivity (Wildman–Crippen MR) is 204 cm³/mol. The first kappa shape index (κ1) is 39.7. The normalized spacial score (nSPS) is 13.1. The van der Waals surface area contributed by atoms with Gasteiger partial charge in [0.1, 0.15) is 24.2 Å². The summed E-state index contributed by atoms with van der Waals surface area (Å²) in [5.74, 6) is -2.88. The molecule has 1 heterocycles. The minimum absolute atomic E-state index is 0.0544. The molecule has 0 aliphatic carbocycles. The summed E-state index contributed by atoms with van der Waals surface area (Å²) in [4.78, 5) is 73.8. The molecule has 1 aromatic heterocycles. The van der Waals surface area contributed by atoms with Gasteiger partial charge in [-0.2, -0.15) is 0 Å². The number of fused-ring (bicyclic) bond motifs is 1. The minimum Gasteiger partial charge on any atom is -0.370 e. The second kappa shape index (κ2) is 19.5. The summed E-state index contributed by atoms with van der Waals surface area (Å²) < 4.78 is 0. The van der Waals surface area contributed by atoms with E-state index in [9.17, 15) is 24.0 Å². The zero-order valence-electron chi connectivity index (χ0n) is 29.2. The molecule has 0 spiro atoms. The average molecular weight is 745 g/mol. The van der Waals surface area contributed by atoms with Gasteiger partial charge in [-0.25, -0.2) is 4.79 Å². The average Bonchev–Trinajstić information content (AvgIpc) is 3.55. The van der Waals surface area contributed by atoms with Crippen LogP contribution in [0.3, 0.4) is 0 Å². The molecule has 0 fully saturated rings. The number of benzene rings is 3. The van der Waals surface area contributed by atoms with Gasteiger partial charge in [-0.05, 0) is 47.7 Å². The number of halogens is 1. The number of nitrogens with zero attached hydrogens (tertiary/aromatic N) is 1. The third kappa shape index (κ3) is 12.3. The number of amides is 6. The summed E-state index contributed by atoms with van der Waals surface area (Å²) in [5.41, 5.74) is 19.8. The number of aromatic amines is 1. The van der Waals surface area contributed by atoms with Gasteiger partial charge in [0.05, 0.1) is 0 Å². The Morgan fingerprint density at radius 3 is 1.91 bits per heavy atom. The standard InChI is InChI=1S/C37H45ClN10O5/c1-42-37(53)48-31(19-23-13-15-25(38)16-14-23)35(52)47-30(18-22-8-3-2-4-9-22)34(51)45-28(12-7-17-43-36(40)41)33(50)46-29(32(39)49)20-24-21-44-27-11-6-5-10-26(24)27/h2-6,8-11,13-16,21,28-31,44H,7,12,17-20H2,1H3,(H2,39,49)(H,45,51)(H,46,50)(H,47,52)(H4,40,41,43)(H2,42,48,53)/t28-,29-,30+,31-/m0/s1. The van der Waals surface area contributed by atoms with Gasteiger partial charge in [-0.1, -0.05) is 72.3 Å². The Labute approximate surface area is 311 Å². The van der Waals surface area contributed by atoms with Crippen molar-refractivity contribution in [2.75, 3.05) is 13.6 Å². The molecule has 0 unspecified atom stereocenters. The molecule has 280 valence electrons. The van der Waals surface area contributed by atoms with Crippen molar-refractivity contribution in [1.29, 1.82) is 0 Å². The van der Waals surface area contributed by atoms with E-state index in [0.717, 1.165) is 22.0 Å². The monoisotopic (exact) mass is 744 g/mol. The fourth-order valence-electron chi connectivity index (χ4n) is 5.69. The number of para-hydroxylation sites is 1. The molecular formula is C37H45ClN10O5. The summed E-state index contributed by atoms with van der Waals surface area (Å²) in [5, 5.41) is 14.7. The molecule has 0 bridgehead atoms. The van der Waals surface area contributed by atoms with E-state index in [4.69, 9.17) is 28.8 Å². The van der Waals surface area contributed by atoms with E-state index in [0.29, 0.717) is 10.6 Å². The quantitative estimate of drug-likeness (QED) is 0.0408. The molecule has 4 aromatic rings. The van der Waals surface area contributed by atoms with Gasteiger partial charge < -0.3 is 48.8 Å². The van der Waals surface area contributed by atoms with E-state index < -0.39 is 53.8 Å². The maximum absolute atomic E-state index is 14.1. The van der Waals surface area contributed by atoms with Crippen molar-refractivity contribution >= 4 is 58.1 Å². The van der Waals surface area contributed by atoms with Crippen molar-refractivity contribution in [3.8, 4) is 0 Å². The molecule has 0 aliphatic heterocycles. The number of primary amides is 1. The summed E-state index contributed by atoms with van der Waals surface area (Å²) in [6.45, 7) is 0.165. The minimum atomic E-state index is -1.18. The van der Waals surface area contributed by atoms with Crippen LogP contribution in [0.2, 0.25) is 5.02 Å². The Hall–Kier alpha value is -6.09. The second-order valence-electron chi connectivity index (χ2n) is 12.4. The van der Waals surface area contributed by atoms with Crippen molar-refractivity contribution in [3.63, 3.8) is 0 Å². The number of nitrogens with one attached hydrogen (secondary N) is 6. The Kier molecular flexibility index (Phi) is 14.6. The smallest absolute Gasteiger partial charge is 0.315 e. The van der Waals surface area contributed by atoms with Crippen LogP contribution in [-0.4, -0.2) is 78.4 Å². The van der Waals surface area contributed by atoms with Crippen LogP contribution in [0, 0.1) is 0 Å². The van der Waals surface area contributed by atoms with E-state index >= 15 is 0 Å². The van der Waals surface area contributed by atoms with Crippen LogP contribution in [0.5, 0.6) is 0 Å². The predicted octanol–water partition coefficient (Wildman–Crippen LogP) is 1.14. The highest BCUT2D eigenvalue weighted by molar-refractivity contribution is 6.30. The number of nitrogens with two attached hydrogens (primary N) is 3. The van der Waals surface area contributed by atoms with Gasteiger partial charge in [0.15, 0.2) is 5.96 Å². The van der Waals surface area contributed by atoms with Gasteiger partial charge in [-0.15, -0.1) is 0 Å². The summed E-state index contributed by atoms with van der Waals surface area (Å²) in [6, 6.07) is 18.1. The van der Waals surface area contributed by atoms with Gasteiger partial charge in [-0.3, -0.25) is 24.2 Å². The highest BCUT2D eigenvalue weighted by atomic mass is 35.5. The number of hydrogen-bond donors (Lipinski definition) is 9. The number of hydrogen-bond acceptors (Lipinski definition) is 6. The van der Waals surface area contributed by atoms with E-state index in [1.807, 2.05) is 30.3 Å². The maximum Gasteiger partial charge on any atom is 0.315 e. The van der Waals surface area contributed by atoms with Crippen LogP contribution >= 0.6 is 11.6 Å². The van der Waals surface area contributed by atoms with Crippen molar-refractivity contribution in [2.45, 2.75) is 56.3 Å². The summed E-state index contributed by atoms with van der Waals surface area (Å²) in [6.07, 6.45) is 2.36. The molecule has 3 aromatic carbocycles. The largest absolute Gasteiger partial charge is 0.370 e. The molecule has 12 N–H and O–H groups in total. The zero-order valence-corrected chi connectivity index (χ0v) is 30.0. The van der Waals surface area contributed by atoms with E-state index in [-0.39, 0.29) is 44.6 Å². The third-order valence-corrected chi connectivity index (χ3v) is 8.71. The van der Waals surface area contributed by atoms with Gasteiger partial charge in [0.2, 0.25) is 23.6 Å². The van der Waals surface area contributed by atoms with Crippen molar-refractivity contribution in [2.24, 2.45) is 22.2 Å². The first-order chi connectivity index (χ1) is 25.4. The lowest BCUT2D eigenvalue weighted by molar-refractivity contribution is -0.133. The van der Waals surface area contributed by atoms with Gasteiger partial charge in [0, 0.05) is 55.0 Å². The topological polar surface area (TPSA) is 252 Å². The van der Waals surface area contributed by atoms with Crippen LogP contribution in [0.25, 0.3) is 10.9 Å². The van der Waals surface area contributed by atoms with E-state index in [2.05, 4.69) is 36.6 Å². The van der Waals surface area contributed by atoms with Gasteiger partial charge in [0.25, 0.3) is 0 Å². The Bertz CT molecular complexity index is 1900. The van der Waals surface area contributed by atoms with Crippen molar-refractivity contribution in [1.82, 2.24) is 31.6 Å². The third-order valence-electron chi connectivity index (χ3n) is 8.45. The Balaban J connectivity index is 1.57. The molecule has 0 radical (unpaired) electrons. The SMILES string of the molecule is CNC(=O)N[C@@H](Cc1ccc(Cl)cc1)C(=O)N[C@H](Cc1ccccc1)C(=O)N[C@@H](CCCN=C(N)N)C(=O)N[C@@H](Cc1c[nH]c2ccccc12)C(N)=O. The molecule has 15 nitrogen and oxygen atoms in total. The molecule has 6 amide bonds. The summed E-state index contributed by atoms with van der Waals surface area (Å²) >= 11 is 6.04. The molecular weight excluding hydrogens is 700 g/mol. The maximum atomic E-state index is 14.1. The molecule has 0 saturated heterocycles. The first-order valence-corrected chi connectivity index (χ1v) is 17.4. The molecule has 53 heavy (non-hydrogen) atoms. The summed E-state index contributed by atoms with van der Waals surface area (Å²) in [7, 11) is 1.42. The van der Waals surface area contributed by atoms with Crippen LogP contribution in [0.15, 0.2) is 90.1 Å². The molecule has 0 aliphatic rings. The lowest BCUT2D eigenvalue weighted by Gasteiger charge is -2.26. The van der Waals surface area contributed by atoms with Crippen molar-refractivity contribution in [3.05, 3.63) is 107 Å². The fourth-order valence-corrected chi connectivity index (χ4v) is 5.81. The van der Waals surface area contributed by atoms with Crippen LogP contribution in [-0.2, 0) is 38.4 Å². The van der Waals surface area contributed by atoms with E-state index in [1.54, 1.807) is 54.7 Å². The number of urea groups is 1. The Morgan fingerprint density at radius 2 is 1.26 bits per heavy atom. The molecule has 16 heteroatoms. The first-order valence-electron chi connectivity index (χ1n) is 17.0. The van der Waals surface area contributed by atoms with Gasteiger partial charge >= 0.3 is 6.03 Å². The second-order valence-corrected chi connectivity index (χ2v) is 12.8. The highest BCUT2D eigenvalue weighted by Gasteiger charge is 2.31. The van der Waals surface area contributed by atoms with Crippen LogP contribution in [0.1, 0.15) is 29.5 Å². The van der Waals surface area contributed by atoms with E-state index in [1.165, 1.54) is 7.05 Å². The number of carbonyl (C=O) groups is 5. The molecule has 4 atom stereocenters. The Morgan fingerprint density at radius 1 is 0.698 bits per heavy atom. The number of guanidine groups is 1. The fraction of sp³-hybridized carbons (Fsp3) is 0.297. The zero-order chi connectivity index (χ0) is 38.3. The lowest BCUT2D eigenvalue weighted by atomic mass is 10.0. The number of rotatable bonds is 18. The van der Waals surface area contributed by atoms with Crippen molar-refractivity contribution < 1.29 is 24.0 Å². The number of aliphatic imine (C=N–C) groups is 1. The van der Waals surface area contributed by atoms with Crippen LogP contribution in [0.4, 0.5) is 4.79 Å².